The molecule has 3 rings (SSSR count). The molecule has 128 valence electrons. The molecule has 0 saturated heterocycles. The highest BCUT2D eigenvalue weighted by Crippen LogP contribution is 2.32. The lowest BCUT2D eigenvalue weighted by Crippen LogP contribution is -2.17. The van der Waals surface area contributed by atoms with Crippen LogP contribution >= 0.6 is 34.4 Å². The summed E-state index contributed by atoms with van der Waals surface area (Å²) in [5.41, 5.74) is 0.831. The average molecular weight is 456 g/mol. The molecule has 0 radical (unpaired) electrons. The second-order valence-electron chi connectivity index (χ2n) is 6.04. The van der Waals surface area contributed by atoms with E-state index in [1.807, 2.05) is 31.2 Å². The third-order valence-electron chi connectivity index (χ3n) is 4.22. The normalized spacial score (nSPS) is 15.4. The molecule has 1 saturated carbocycles. The van der Waals surface area contributed by atoms with Crippen LogP contribution in [0.5, 0.6) is 0 Å². The topological polar surface area (TPSA) is 59.8 Å². The van der Waals surface area contributed by atoms with Crippen molar-refractivity contribution in [1.29, 1.82) is 0 Å². The summed E-state index contributed by atoms with van der Waals surface area (Å²) in [6.07, 6.45) is 6.21. The van der Waals surface area contributed by atoms with Gasteiger partial charge in [0, 0.05) is 15.3 Å². The maximum absolute atomic E-state index is 12.2. The molecule has 5 nitrogen and oxygen atoms in total. The Morgan fingerprint density at radius 2 is 2.12 bits per heavy atom. The van der Waals surface area contributed by atoms with E-state index in [9.17, 15) is 4.79 Å². The number of halogens is 1. The van der Waals surface area contributed by atoms with Gasteiger partial charge in [0.05, 0.1) is 5.75 Å². The summed E-state index contributed by atoms with van der Waals surface area (Å²) < 4.78 is 3.33. The van der Waals surface area contributed by atoms with Gasteiger partial charge in [-0.25, -0.2) is 0 Å². The van der Waals surface area contributed by atoms with Crippen LogP contribution in [0.3, 0.4) is 0 Å². The van der Waals surface area contributed by atoms with Crippen LogP contribution in [-0.4, -0.2) is 26.4 Å². The summed E-state index contributed by atoms with van der Waals surface area (Å²) in [7, 11) is 0. The van der Waals surface area contributed by atoms with Gasteiger partial charge in [0.1, 0.15) is 5.82 Å². The largest absolute Gasteiger partial charge is 0.325 e. The van der Waals surface area contributed by atoms with Crippen LogP contribution in [0.1, 0.15) is 44.0 Å². The molecule has 1 aliphatic rings. The number of nitrogens with zero attached hydrogens (tertiary/aromatic N) is 3. The van der Waals surface area contributed by atoms with Gasteiger partial charge in [0.2, 0.25) is 5.91 Å². The number of carbonyl (C=O) groups is 1. The van der Waals surface area contributed by atoms with Crippen molar-refractivity contribution in [2.24, 2.45) is 0 Å². The van der Waals surface area contributed by atoms with E-state index in [1.54, 1.807) is 0 Å². The minimum atomic E-state index is -0.0159. The van der Waals surface area contributed by atoms with E-state index in [1.165, 1.54) is 43.9 Å². The number of aryl methyl sites for hydroxylation is 1. The van der Waals surface area contributed by atoms with Crippen LogP contribution in [0.15, 0.2) is 29.4 Å². The van der Waals surface area contributed by atoms with Crippen molar-refractivity contribution in [3.8, 4) is 0 Å². The lowest BCUT2D eigenvalue weighted by Gasteiger charge is -2.24. The molecule has 0 aliphatic heterocycles. The number of benzene rings is 1. The van der Waals surface area contributed by atoms with E-state index < -0.39 is 0 Å². The molecule has 24 heavy (non-hydrogen) atoms. The molecule has 2 aromatic rings. The van der Waals surface area contributed by atoms with E-state index in [-0.39, 0.29) is 5.91 Å². The number of amides is 1. The third-order valence-corrected chi connectivity index (χ3v) is 5.83. The highest BCUT2D eigenvalue weighted by molar-refractivity contribution is 14.1. The lowest BCUT2D eigenvalue weighted by molar-refractivity contribution is -0.113. The monoisotopic (exact) mass is 456 g/mol. The number of nitrogens with one attached hydrogen (secondary N) is 1. The van der Waals surface area contributed by atoms with Crippen LogP contribution in [0.25, 0.3) is 0 Å². The Bertz CT molecular complexity index is 712. The van der Waals surface area contributed by atoms with Crippen molar-refractivity contribution >= 4 is 45.9 Å². The number of rotatable bonds is 5. The van der Waals surface area contributed by atoms with Crippen LogP contribution < -0.4 is 5.32 Å². The Hall–Kier alpha value is -1.09. The number of hydrogen-bond donors (Lipinski definition) is 1. The van der Waals surface area contributed by atoms with E-state index in [0.717, 1.165) is 20.2 Å². The first kappa shape index (κ1) is 17.7. The predicted octanol–water partition coefficient (Wildman–Crippen LogP) is 4.43. The van der Waals surface area contributed by atoms with E-state index >= 15 is 0 Å². The number of aromatic nitrogens is 3. The molecular formula is C17H21IN4OS. The Balaban J connectivity index is 1.61. The molecule has 0 spiro atoms. The molecule has 1 aromatic carbocycles. The second-order valence-corrected chi connectivity index (χ2v) is 8.23. The number of anilines is 1. The zero-order chi connectivity index (χ0) is 16.9. The molecule has 0 unspecified atom stereocenters. The quantitative estimate of drug-likeness (QED) is 0.535. The summed E-state index contributed by atoms with van der Waals surface area (Å²) >= 11 is 3.70. The number of hydrogen-bond acceptors (Lipinski definition) is 4. The minimum absolute atomic E-state index is 0.0159. The van der Waals surface area contributed by atoms with Crippen molar-refractivity contribution in [1.82, 2.24) is 14.8 Å². The van der Waals surface area contributed by atoms with E-state index in [4.69, 9.17) is 0 Å². The van der Waals surface area contributed by atoms with Gasteiger partial charge in [-0.2, -0.15) is 0 Å². The molecule has 7 heteroatoms. The summed E-state index contributed by atoms with van der Waals surface area (Å²) in [4.78, 5) is 12.2. The molecule has 1 aromatic heterocycles. The molecule has 1 aliphatic carbocycles. The summed E-state index contributed by atoms with van der Waals surface area (Å²) in [6, 6.07) is 8.28. The van der Waals surface area contributed by atoms with Gasteiger partial charge in [-0.15, -0.1) is 10.2 Å². The van der Waals surface area contributed by atoms with Gasteiger partial charge >= 0.3 is 0 Å². The molecule has 1 fully saturated rings. The second kappa shape index (κ2) is 8.33. The fourth-order valence-corrected chi connectivity index (χ4v) is 4.50. The van der Waals surface area contributed by atoms with Gasteiger partial charge in [-0.1, -0.05) is 37.1 Å². The SMILES string of the molecule is Cc1nnc(SCC(=O)Nc2cccc(I)c2)n1C1CCCCC1. The van der Waals surface area contributed by atoms with Gasteiger partial charge in [-0.05, 0) is 60.6 Å². The van der Waals surface area contributed by atoms with Crippen molar-refractivity contribution in [2.75, 3.05) is 11.1 Å². The predicted molar refractivity (Wildman–Crippen MR) is 105 cm³/mol. The van der Waals surface area contributed by atoms with Gasteiger partial charge < -0.3 is 9.88 Å². The molecule has 1 amide bonds. The highest BCUT2D eigenvalue weighted by Gasteiger charge is 2.21. The lowest BCUT2D eigenvalue weighted by atomic mass is 9.95. The summed E-state index contributed by atoms with van der Waals surface area (Å²) in [5, 5.41) is 12.3. The van der Waals surface area contributed by atoms with Gasteiger partial charge in [0.25, 0.3) is 0 Å². The van der Waals surface area contributed by atoms with Crippen LogP contribution in [0.4, 0.5) is 5.69 Å². The smallest absolute Gasteiger partial charge is 0.234 e. The van der Waals surface area contributed by atoms with E-state index in [2.05, 4.69) is 42.7 Å². The Labute approximate surface area is 160 Å². The fourth-order valence-electron chi connectivity index (χ4n) is 3.10. The highest BCUT2D eigenvalue weighted by atomic mass is 127. The van der Waals surface area contributed by atoms with Crippen LogP contribution in [0.2, 0.25) is 0 Å². The van der Waals surface area contributed by atoms with Crippen molar-refractivity contribution in [2.45, 2.75) is 50.2 Å². The average Bonchev–Trinajstić information content (AvgIpc) is 2.94. The maximum Gasteiger partial charge on any atom is 0.234 e. The first-order valence-electron chi connectivity index (χ1n) is 8.23. The van der Waals surface area contributed by atoms with Crippen LogP contribution in [-0.2, 0) is 4.79 Å². The molecular weight excluding hydrogens is 435 g/mol. The zero-order valence-electron chi connectivity index (χ0n) is 13.7. The molecule has 1 N–H and O–H groups in total. The van der Waals surface area contributed by atoms with Crippen LogP contribution in [0, 0.1) is 10.5 Å². The standard InChI is InChI=1S/C17H21IN4OS/c1-12-20-21-17(22(12)15-8-3-2-4-9-15)24-11-16(23)19-14-7-5-6-13(18)10-14/h5-7,10,15H,2-4,8-9,11H2,1H3,(H,19,23). The molecule has 1 heterocycles. The Morgan fingerprint density at radius 3 is 2.88 bits per heavy atom. The molecule has 0 bridgehead atoms. The first-order chi connectivity index (χ1) is 11.6. The van der Waals surface area contributed by atoms with E-state index in [0.29, 0.717) is 11.8 Å². The maximum atomic E-state index is 12.2. The first-order valence-corrected chi connectivity index (χ1v) is 10.3. The minimum Gasteiger partial charge on any atom is -0.325 e. The van der Waals surface area contributed by atoms with Crippen molar-refractivity contribution in [3.05, 3.63) is 33.7 Å². The summed E-state index contributed by atoms with van der Waals surface area (Å²) in [6.45, 7) is 2.00. The van der Waals surface area contributed by atoms with Crippen molar-refractivity contribution < 1.29 is 4.79 Å². The number of carbonyl (C=O) groups excluding carboxylic acids is 1. The summed E-state index contributed by atoms with van der Waals surface area (Å²) in [5.74, 6) is 1.27. The van der Waals surface area contributed by atoms with Gasteiger partial charge in [0.15, 0.2) is 5.16 Å². The Morgan fingerprint density at radius 1 is 1.33 bits per heavy atom. The van der Waals surface area contributed by atoms with Gasteiger partial charge in [-0.3, -0.25) is 4.79 Å². The Kier molecular flexibility index (Phi) is 6.15. The fraction of sp³-hybridized carbons (Fsp3) is 0.471. The third kappa shape index (κ3) is 4.50. The number of thioether (sulfide) groups is 1. The molecule has 0 atom stereocenters. The zero-order valence-corrected chi connectivity index (χ0v) is 16.6. The van der Waals surface area contributed by atoms with Crippen molar-refractivity contribution in [3.63, 3.8) is 0 Å².